The standard InChI is InChI=1S/C15H11ClS/c16-13-7-5-12(6-8-13)15-14-4-2-1-3-11(14)9-10-17-15/h1-10,15H/t15-/m0/s1. The maximum atomic E-state index is 5.93. The Hall–Kier alpha value is -1.18. The molecule has 0 fully saturated rings. The number of rotatable bonds is 1. The highest BCUT2D eigenvalue weighted by molar-refractivity contribution is 8.02. The first-order valence-electron chi connectivity index (χ1n) is 5.51. The molecule has 0 amide bonds. The van der Waals surface area contributed by atoms with Crippen molar-refractivity contribution in [2.45, 2.75) is 5.25 Å². The summed E-state index contributed by atoms with van der Waals surface area (Å²) in [7, 11) is 0. The number of halogens is 1. The van der Waals surface area contributed by atoms with Crippen LogP contribution in [0.2, 0.25) is 5.02 Å². The quantitative estimate of drug-likeness (QED) is 0.682. The summed E-state index contributed by atoms with van der Waals surface area (Å²) in [4.78, 5) is 0. The molecular weight excluding hydrogens is 248 g/mol. The maximum absolute atomic E-state index is 5.93. The number of hydrogen-bond donors (Lipinski definition) is 0. The van der Waals surface area contributed by atoms with E-state index in [1.54, 1.807) is 0 Å². The lowest BCUT2D eigenvalue weighted by molar-refractivity contribution is 1.15. The van der Waals surface area contributed by atoms with E-state index in [4.69, 9.17) is 11.6 Å². The van der Waals surface area contributed by atoms with E-state index in [-0.39, 0.29) is 0 Å². The van der Waals surface area contributed by atoms with Crippen molar-refractivity contribution < 1.29 is 0 Å². The van der Waals surface area contributed by atoms with Crippen LogP contribution in [-0.2, 0) is 0 Å². The van der Waals surface area contributed by atoms with E-state index in [2.05, 4.69) is 47.9 Å². The molecule has 3 rings (SSSR count). The van der Waals surface area contributed by atoms with E-state index < -0.39 is 0 Å². The molecule has 0 N–H and O–H groups in total. The highest BCUT2D eigenvalue weighted by atomic mass is 35.5. The molecule has 1 aliphatic rings. The third-order valence-electron chi connectivity index (χ3n) is 2.91. The minimum Gasteiger partial charge on any atom is -0.121 e. The molecule has 17 heavy (non-hydrogen) atoms. The Balaban J connectivity index is 2.05. The molecular formula is C15H11ClS. The zero-order valence-electron chi connectivity index (χ0n) is 9.14. The minimum absolute atomic E-state index is 0.383. The summed E-state index contributed by atoms with van der Waals surface area (Å²) in [5, 5.41) is 3.34. The minimum atomic E-state index is 0.383. The Bertz CT molecular complexity index is 557. The van der Waals surface area contributed by atoms with Crippen molar-refractivity contribution in [3.8, 4) is 0 Å². The number of benzene rings is 2. The third-order valence-corrected chi connectivity index (χ3v) is 4.26. The van der Waals surface area contributed by atoms with E-state index in [0.717, 1.165) is 5.02 Å². The molecule has 0 aromatic heterocycles. The molecule has 0 unspecified atom stereocenters. The Kier molecular flexibility index (Phi) is 2.96. The number of hydrogen-bond acceptors (Lipinski definition) is 1. The Labute approximate surface area is 110 Å². The molecule has 0 nitrogen and oxygen atoms in total. The SMILES string of the molecule is Clc1ccc([C@@H]2SC=Cc3ccccc32)cc1. The Morgan fingerprint density at radius 1 is 0.941 bits per heavy atom. The van der Waals surface area contributed by atoms with Gasteiger partial charge in [-0.15, -0.1) is 11.8 Å². The molecule has 0 aliphatic carbocycles. The topological polar surface area (TPSA) is 0 Å². The van der Waals surface area contributed by atoms with Crippen LogP contribution >= 0.6 is 23.4 Å². The molecule has 0 radical (unpaired) electrons. The van der Waals surface area contributed by atoms with E-state index in [0.29, 0.717) is 5.25 Å². The van der Waals surface area contributed by atoms with Gasteiger partial charge in [-0.05, 0) is 40.3 Å². The Morgan fingerprint density at radius 2 is 1.71 bits per heavy atom. The van der Waals surface area contributed by atoms with E-state index >= 15 is 0 Å². The van der Waals surface area contributed by atoms with Crippen molar-refractivity contribution in [2.75, 3.05) is 0 Å². The monoisotopic (exact) mass is 258 g/mol. The van der Waals surface area contributed by atoms with Gasteiger partial charge in [-0.2, -0.15) is 0 Å². The van der Waals surface area contributed by atoms with Crippen LogP contribution < -0.4 is 0 Å². The van der Waals surface area contributed by atoms with E-state index in [9.17, 15) is 0 Å². The summed E-state index contributed by atoms with van der Waals surface area (Å²) in [5.74, 6) is 0. The fourth-order valence-electron chi connectivity index (χ4n) is 2.06. The first-order valence-corrected chi connectivity index (χ1v) is 6.83. The van der Waals surface area contributed by atoms with Crippen molar-refractivity contribution in [1.29, 1.82) is 0 Å². The van der Waals surface area contributed by atoms with Crippen LogP contribution in [0.15, 0.2) is 53.9 Å². The average molecular weight is 259 g/mol. The van der Waals surface area contributed by atoms with Crippen LogP contribution in [0.25, 0.3) is 6.08 Å². The molecule has 2 aromatic carbocycles. The van der Waals surface area contributed by atoms with Crippen molar-refractivity contribution in [1.82, 2.24) is 0 Å². The van der Waals surface area contributed by atoms with Gasteiger partial charge in [-0.3, -0.25) is 0 Å². The normalized spacial score (nSPS) is 17.8. The summed E-state index contributed by atoms with van der Waals surface area (Å²) in [6.07, 6.45) is 2.17. The molecule has 1 atom stereocenters. The van der Waals surface area contributed by atoms with Crippen molar-refractivity contribution >= 4 is 29.4 Å². The highest BCUT2D eigenvalue weighted by Crippen LogP contribution is 2.42. The average Bonchev–Trinajstić information content (AvgIpc) is 2.39. The van der Waals surface area contributed by atoms with Gasteiger partial charge < -0.3 is 0 Å². The smallest absolute Gasteiger partial charge is 0.0593 e. The van der Waals surface area contributed by atoms with Gasteiger partial charge in [0.05, 0.1) is 5.25 Å². The molecule has 0 saturated carbocycles. The molecule has 2 aromatic rings. The van der Waals surface area contributed by atoms with Gasteiger partial charge in [-0.1, -0.05) is 48.0 Å². The molecule has 84 valence electrons. The maximum Gasteiger partial charge on any atom is 0.0593 e. The first-order chi connectivity index (χ1) is 8.34. The highest BCUT2D eigenvalue weighted by Gasteiger charge is 2.18. The van der Waals surface area contributed by atoms with Crippen LogP contribution in [0.3, 0.4) is 0 Å². The van der Waals surface area contributed by atoms with Gasteiger partial charge in [0.2, 0.25) is 0 Å². The lowest BCUT2D eigenvalue weighted by Gasteiger charge is -2.21. The van der Waals surface area contributed by atoms with Gasteiger partial charge in [0.25, 0.3) is 0 Å². The lowest BCUT2D eigenvalue weighted by atomic mass is 9.99. The Morgan fingerprint density at radius 3 is 2.53 bits per heavy atom. The van der Waals surface area contributed by atoms with E-state index in [1.165, 1.54) is 16.7 Å². The summed E-state index contributed by atoms with van der Waals surface area (Å²) >= 11 is 7.77. The second kappa shape index (κ2) is 4.59. The van der Waals surface area contributed by atoms with Gasteiger partial charge >= 0.3 is 0 Å². The molecule has 0 saturated heterocycles. The second-order valence-corrected chi connectivity index (χ2v) is 5.45. The third kappa shape index (κ3) is 2.13. The predicted molar refractivity (Wildman–Crippen MR) is 76.4 cm³/mol. The van der Waals surface area contributed by atoms with Crippen LogP contribution in [0.1, 0.15) is 21.9 Å². The van der Waals surface area contributed by atoms with Gasteiger partial charge in [0, 0.05) is 5.02 Å². The van der Waals surface area contributed by atoms with Crippen LogP contribution in [0.4, 0.5) is 0 Å². The number of thioether (sulfide) groups is 1. The molecule has 1 aliphatic heterocycles. The van der Waals surface area contributed by atoms with Crippen LogP contribution in [-0.4, -0.2) is 0 Å². The van der Waals surface area contributed by atoms with Crippen LogP contribution in [0, 0.1) is 0 Å². The van der Waals surface area contributed by atoms with Crippen molar-refractivity contribution in [3.05, 3.63) is 75.7 Å². The van der Waals surface area contributed by atoms with Crippen molar-refractivity contribution in [3.63, 3.8) is 0 Å². The van der Waals surface area contributed by atoms with Crippen LogP contribution in [0.5, 0.6) is 0 Å². The summed E-state index contributed by atoms with van der Waals surface area (Å²) in [6.45, 7) is 0. The zero-order valence-corrected chi connectivity index (χ0v) is 10.7. The van der Waals surface area contributed by atoms with E-state index in [1.807, 2.05) is 23.9 Å². The fourth-order valence-corrected chi connectivity index (χ4v) is 3.25. The first kappa shape index (κ1) is 10.9. The second-order valence-electron chi connectivity index (χ2n) is 4.00. The van der Waals surface area contributed by atoms with Gasteiger partial charge in [0.15, 0.2) is 0 Å². The largest absolute Gasteiger partial charge is 0.121 e. The van der Waals surface area contributed by atoms with Crippen molar-refractivity contribution in [2.24, 2.45) is 0 Å². The summed E-state index contributed by atoms with van der Waals surface area (Å²) < 4.78 is 0. The number of fused-ring (bicyclic) bond motifs is 1. The van der Waals surface area contributed by atoms with Gasteiger partial charge in [-0.25, -0.2) is 0 Å². The molecule has 1 heterocycles. The molecule has 2 heteroatoms. The zero-order chi connectivity index (χ0) is 11.7. The fraction of sp³-hybridized carbons (Fsp3) is 0.0667. The summed E-state index contributed by atoms with van der Waals surface area (Å²) in [6, 6.07) is 16.7. The predicted octanol–water partition coefficient (Wildman–Crippen LogP) is 5.15. The molecule has 0 spiro atoms. The van der Waals surface area contributed by atoms with Gasteiger partial charge in [0.1, 0.15) is 0 Å². The molecule has 0 bridgehead atoms. The summed E-state index contributed by atoms with van der Waals surface area (Å²) in [5.41, 5.74) is 3.99. The lowest BCUT2D eigenvalue weighted by Crippen LogP contribution is -2.00.